The molecule has 0 spiro atoms. The molecule has 4 nitrogen and oxygen atoms in total. The Morgan fingerprint density at radius 1 is 1.20 bits per heavy atom. The van der Waals surface area contributed by atoms with E-state index in [2.05, 4.69) is 9.97 Å². The van der Waals surface area contributed by atoms with Gasteiger partial charge in [0.2, 0.25) is 0 Å². The molecule has 0 fully saturated rings. The highest BCUT2D eigenvalue weighted by Crippen LogP contribution is 2.31. The molecule has 0 atom stereocenters. The fourth-order valence-electron chi connectivity index (χ4n) is 1.68. The second kappa shape index (κ2) is 5.15. The number of nitrogens with zero attached hydrogens (tertiary/aromatic N) is 2. The van der Waals surface area contributed by atoms with Crippen molar-refractivity contribution in [3.8, 4) is 21.3 Å². The summed E-state index contributed by atoms with van der Waals surface area (Å²) >= 11 is 2.89. The van der Waals surface area contributed by atoms with E-state index >= 15 is 0 Å². The summed E-state index contributed by atoms with van der Waals surface area (Å²) in [5.74, 6) is -0.914. The summed E-state index contributed by atoms with van der Waals surface area (Å²) in [4.78, 5) is 20.6. The van der Waals surface area contributed by atoms with Crippen molar-refractivity contribution < 1.29 is 9.90 Å². The van der Waals surface area contributed by atoms with Gasteiger partial charge in [-0.2, -0.15) is 0 Å². The van der Waals surface area contributed by atoms with Gasteiger partial charge >= 0.3 is 5.97 Å². The van der Waals surface area contributed by atoms with Crippen LogP contribution < -0.4 is 0 Å². The Hall–Kier alpha value is -2.05. The zero-order valence-electron chi connectivity index (χ0n) is 10.5. The molecule has 100 valence electrons. The van der Waals surface area contributed by atoms with Crippen LogP contribution in [0.5, 0.6) is 0 Å². The Kier molecular flexibility index (Phi) is 3.33. The number of aryl methyl sites for hydroxylation is 1. The summed E-state index contributed by atoms with van der Waals surface area (Å²) in [5.41, 5.74) is 3.04. The van der Waals surface area contributed by atoms with Crippen LogP contribution in [0, 0.1) is 6.92 Å². The van der Waals surface area contributed by atoms with Gasteiger partial charge in [0.05, 0.1) is 21.8 Å². The summed E-state index contributed by atoms with van der Waals surface area (Å²) in [6.07, 6.45) is 1.81. The lowest BCUT2D eigenvalue weighted by atomic mass is 10.3. The highest BCUT2D eigenvalue weighted by atomic mass is 32.1. The minimum atomic E-state index is -0.914. The summed E-state index contributed by atoms with van der Waals surface area (Å²) in [6.45, 7) is 1.99. The molecule has 1 N–H and O–H groups in total. The number of rotatable bonds is 3. The molecule has 0 aromatic carbocycles. The van der Waals surface area contributed by atoms with Crippen molar-refractivity contribution in [1.82, 2.24) is 9.97 Å². The Labute approximate surface area is 123 Å². The Balaban J connectivity index is 1.93. The number of pyridine rings is 1. The maximum absolute atomic E-state index is 10.9. The van der Waals surface area contributed by atoms with E-state index in [1.807, 2.05) is 30.6 Å². The number of aromatic carboxylic acids is 1. The quantitative estimate of drug-likeness (QED) is 0.796. The molecule has 3 rings (SSSR count). The molecule has 0 unspecified atom stereocenters. The van der Waals surface area contributed by atoms with Crippen LogP contribution in [0.4, 0.5) is 0 Å². The normalized spacial score (nSPS) is 10.7. The van der Waals surface area contributed by atoms with Crippen molar-refractivity contribution in [3.05, 3.63) is 46.3 Å². The van der Waals surface area contributed by atoms with Crippen molar-refractivity contribution in [2.24, 2.45) is 0 Å². The number of thiophene rings is 1. The maximum atomic E-state index is 10.9. The van der Waals surface area contributed by atoms with E-state index in [1.54, 1.807) is 11.4 Å². The first-order valence-corrected chi connectivity index (χ1v) is 7.60. The number of carboxylic acids is 1. The molecule has 3 aromatic rings. The summed E-state index contributed by atoms with van der Waals surface area (Å²) in [5, 5.41) is 13.3. The molecule has 0 radical (unpaired) electrons. The van der Waals surface area contributed by atoms with Crippen molar-refractivity contribution in [2.45, 2.75) is 6.92 Å². The SMILES string of the molecule is Cc1ccc(-c2nc(-c3cc(C(=O)O)cs3)cs2)nc1. The Bertz CT molecular complexity index is 760. The van der Waals surface area contributed by atoms with Crippen molar-refractivity contribution >= 4 is 28.6 Å². The van der Waals surface area contributed by atoms with Crippen molar-refractivity contribution in [1.29, 1.82) is 0 Å². The first-order valence-electron chi connectivity index (χ1n) is 5.84. The van der Waals surface area contributed by atoms with Crippen LogP contribution in [-0.2, 0) is 0 Å². The zero-order valence-corrected chi connectivity index (χ0v) is 12.2. The first kappa shape index (κ1) is 13.0. The summed E-state index contributed by atoms with van der Waals surface area (Å²) < 4.78 is 0. The molecule has 3 aromatic heterocycles. The van der Waals surface area contributed by atoms with Crippen molar-refractivity contribution in [3.63, 3.8) is 0 Å². The smallest absolute Gasteiger partial charge is 0.336 e. The second-order valence-electron chi connectivity index (χ2n) is 4.26. The van der Waals surface area contributed by atoms with Crippen LogP contribution in [-0.4, -0.2) is 21.0 Å². The van der Waals surface area contributed by atoms with Crippen LogP contribution in [0.15, 0.2) is 35.2 Å². The number of carboxylic acid groups (broad SMARTS) is 1. The number of hydrogen-bond acceptors (Lipinski definition) is 5. The molecular formula is C14H10N2O2S2. The largest absolute Gasteiger partial charge is 0.478 e. The minimum absolute atomic E-state index is 0.299. The maximum Gasteiger partial charge on any atom is 0.336 e. The number of aromatic nitrogens is 2. The standard InChI is InChI=1S/C14H10N2O2S2/c1-8-2-3-10(15-5-8)13-16-11(7-20-13)12-4-9(6-19-12)14(17)18/h2-7H,1H3,(H,17,18). The van der Waals surface area contributed by atoms with Crippen LogP contribution in [0.3, 0.4) is 0 Å². The van der Waals surface area contributed by atoms with Gasteiger partial charge in [-0.05, 0) is 24.6 Å². The molecule has 0 amide bonds. The first-order chi connectivity index (χ1) is 9.63. The number of thiazole rings is 1. The van der Waals surface area contributed by atoms with E-state index < -0.39 is 5.97 Å². The molecule has 6 heteroatoms. The monoisotopic (exact) mass is 302 g/mol. The molecule has 0 saturated carbocycles. The zero-order chi connectivity index (χ0) is 14.1. The molecule has 0 aliphatic heterocycles. The van der Waals surface area contributed by atoms with E-state index in [-0.39, 0.29) is 0 Å². The van der Waals surface area contributed by atoms with Gasteiger partial charge in [-0.25, -0.2) is 9.78 Å². The fourth-order valence-corrected chi connectivity index (χ4v) is 3.39. The lowest BCUT2D eigenvalue weighted by molar-refractivity contribution is 0.0697. The molecule has 0 bridgehead atoms. The van der Waals surface area contributed by atoms with E-state index in [9.17, 15) is 4.79 Å². The second-order valence-corrected chi connectivity index (χ2v) is 6.03. The Morgan fingerprint density at radius 3 is 2.70 bits per heavy atom. The third-order valence-corrected chi connectivity index (χ3v) is 4.55. The fraction of sp³-hybridized carbons (Fsp3) is 0.0714. The van der Waals surface area contributed by atoms with Gasteiger partial charge in [0.25, 0.3) is 0 Å². The van der Waals surface area contributed by atoms with Gasteiger partial charge in [-0.15, -0.1) is 22.7 Å². The van der Waals surface area contributed by atoms with Crippen LogP contribution >= 0.6 is 22.7 Å². The molecular weight excluding hydrogens is 292 g/mol. The summed E-state index contributed by atoms with van der Waals surface area (Å²) in [6, 6.07) is 5.58. The molecule has 0 aliphatic rings. The topological polar surface area (TPSA) is 63.1 Å². The average Bonchev–Trinajstić information content (AvgIpc) is 3.08. The van der Waals surface area contributed by atoms with Gasteiger partial charge < -0.3 is 5.11 Å². The number of carbonyl (C=O) groups is 1. The summed E-state index contributed by atoms with van der Waals surface area (Å²) in [7, 11) is 0. The van der Waals surface area contributed by atoms with Gasteiger partial charge in [-0.1, -0.05) is 6.07 Å². The number of hydrogen-bond donors (Lipinski definition) is 1. The van der Waals surface area contributed by atoms with Crippen LogP contribution in [0.1, 0.15) is 15.9 Å². The third-order valence-electron chi connectivity index (χ3n) is 2.73. The van der Waals surface area contributed by atoms with Crippen LogP contribution in [0.2, 0.25) is 0 Å². The van der Waals surface area contributed by atoms with E-state index in [1.165, 1.54) is 22.7 Å². The molecule has 0 aliphatic carbocycles. The van der Waals surface area contributed by atoms with Gasteiger partial charge in [0.1, 0.15) is 5.01 Å². The average molecular weight is 302 g/mol. The van der Waals surface area contributed by atoms with Crippen LogP contribution in [0.25, 0.3) is 21.3 Å². The van der Waals surface area contributed by atoms with Gasteiger partial charge in [0.15, 0.2) is 0 Å². The van der Waals surface area contributed by atoms with Gasteiger partial charge in [0, 0.05) is 17.0 Å². The van der Waals surface area contributed by atoms with E-state index in [4.69, 9.17) is 5.11 Å². The molecule has 0 saturated heterocycles. The van der Waals surface area contributed by atoms with E-state index in [0.29, 0.717) is 5.56 Å². The molecule has 3 heterocycles. The highest BCUT2D eigenvalue weighted by Gasteiger charge is 2.12. The van der Waals surface area contributed by atoms with E-state index in [0.717, 1.165) is 26.8 Å². The predicted molar refractivity (Wildman–Crippen MR) is 80.4 cm³/mol. The lowest BCUT2D eigenvalue weighted by Crippen LogP contribution is -1.91. The van der Waals surface area contributed by atoms with Gasteiger partial charge in [-0.3, -0.25) is 4.98 Å². The van der Waals surface area contributed by atoms with Crippen molar-refractivity contribution in [2.75, 3.05) is 0 Å². The highest BCUT2D eigenvalue weighted by molar-refractivity contribution is 7.15. The molecule has 20 heavy (non-hydrogen) atoms. The lowest BCUT2D eigenvalue weighted by Gasteiger charge is -1.95. The Morgan fingerprint density at radius 2 is 2.05 bits per heavy atom. The minimum Gasteiger partial charge on any atom is -0.478 e. The predicted octanol–water partition coefficient (Wildman–Crippen LogP) is 3.94. The third kappa shape index (κ3) is 2.48.